The van der Waals surface area contributed by atoms with Gasteiger partial charge in [0, 0.05) is 10.6 Å². The van der Waals surface area contributed by atoms with Crippen molar-refractivity contribution >= 4 is 21.6 Å². The first-order valence-corrected chi connectivity index (χ1v) is 10.1. The van der Waals surface area contributed by atoms with Gasteiger partial charge in [0.25, 0.3) is 0 Å². The summed E-state index contributed by atoms with van der Waals surface area (Å²) in [4.78, 5) is 1.31. The molecule has 1 N–H and O–H groups in total. The molecule has 1 heterocycles. The van der Waals surface area contributed by atoms with Crippen molar-refractivity contribution in [1.82, 2.24) is 4.31 Å². The molecule has 0 bridgehead atoms. The molecule has 0 unspecified atom stereocenters. The minimum atomic E-state index is -3.68. The van der Waals surface area contributed by atoms with Crippen molar-refractivity contribution in [3.05, 3.63) is 58.9 Å². The summed E-state index contributed by atoms with van der Waals surface area (Å²) >= 11 is 5.97. The number of piperazine rings is 1. The van der Waals surface area contributed by atoms with Crippen LogP contribution in [-0.4, -0.2) is 46.0 Å². The van der Waals surface area contributed by atoms with Gasteiger partial charge in [0.15, 0.2) is 0 Å². The number of hydrogen-bond acceptors (Lipinski definition) is 3. The minimum absolute atomic E-state index is 0.0843. The van der Waals surface area contributed by atoms with Gasteiger partial charge in [-0.05, 0) is 30.3 Å². The van der Waals surface area contributed by atoms with Crippen molar-refractivity contribution in [3.8, 4) is 5.75 Å². The molecule has 1 fully saturated rings. The quantitative estimate of drug-likeness (QED) is 0.830. The summed E-state index contributed by atoms with van der Waals surface area (Å²) in [5.74, 6) is 0.0279. The van der Waals surface area contributed by atoms with Crippen LogP contribution in [0.1, 0.15) is 5.56 Å². The van der Waals surface area contributed by atoms with E-state index in [4.69, 9.17) is 16.3 Å². The molecule has 0 saturated carbocycles. The summed E-state index contributed by atoms with van der Waals surface area (Å²) in [6.45, 7) is 2.76. The zero-order valence-corrected chi connectivity index (χ0v) is 16.0. The van der Waals surface area contributed by atoms with E-state index in [-0.39, 0.29) is 16.5 Å². The van der Waals surface area contributed by atoms with Gasteiger partial charge in [0.2, 0.25) is 10.0 Å². The molecule has 140 valence electrons. The summed E-state index contributed by atoms with van der Waals surface area (Å²) in [6, 6.07) is 11.1. The zero-order valence-electron chi connectivity index (χ0n) is 14.4. The molecular weight excluding hydrogens is 379 g/mol. The normalized spacial score (nSPS) is 16.6. The maximum atomic E-state index is 13.3. The Bertz CT molecular complexity index is 884. The minimum Gasteiger partial charge on any atom is -0.495 e. The average Bonchev–Trinajstić information content (AvgIpc) is 2.62. The van der Waals surface area contributed by atoms with E-state index in [1.54, 1.807) is 18.2 Å². The Hall–Kier alpha value is -1.67. The monoisotopic (exact) mass is 399 g/mol. The van der Waals surface area contributed by atoms with Crippen LogP contribution >= 0.6 is 11.6 Å². The predicted octanol–water partition coefficient (Wildman–Crippen LogP) is 1.58. The number of hydrogen-bond donors (Lipinski definition) is 1. The Balaban J connectivity index is 1.70. The van der Waals surface area contributed by atoms with Gasteiger partial charge in [-0.3, -0.25) is 0 Å². The highest BCUT2D eigenvalue weighted by Crippen LogP contribution is 2.29. The third-order valence-electron chi connectivity index (χ3n) is 4.52. The van der Waals surface area contributed by atoms with E-state index in [2.05, 4.69) is 0 Å². The lowest BCUT2D eigenvalue weighted by Crippen LogP contribution is -3.13. The van der Waals surface area contributed by atoms with Gasteiger partial charge in [-0.25, -0.2) is 12.8 Å². The number of quaternary nitrogens is 1. The van der Waals surface area contributed by atoms with E-state index in [1.165, 1.54) is 34.5 Å². The first-order valence-electron chi connectivity index (χ1n) is 8.32. The summed E-state index contributed by atoms with van der Waals surface area (Å²) in [5.41, 5.74) is 0.910. The van der Waals surface area contributed by atoms with Gasteiger partial charge in [0.1, 0.15) is 23.0 Å². The number of nitrogens with zero attached hydrogens (tertiary/aromatic N) is 1. The van der Waals surface area contributed by atoms with E-state index in [1.807, 2.05) is 6.07 Å². The van der Waals surface area contributed by atoms with Crippen molar-refractivity contribution in [1.29, 1.82) is 0 Å². The van der Waals surface area contributed by atoms with Crippen LogP contribution in [0.3, 0.4) is 0 Å². The van der Waals surface area contributed by atoms with Gasteiger partial charge in [-0.1, -0.05) is 23.7 Å². The fourth-order valence-corrected chi connectivity index (χ4v) is 5.01. The van der Waals surface area contributed by atoms with E-state index in [0.29, 0.717) is 37.7 Å². The number of rotatable bonds is 5. The summed E-state index contributed by atoms with van der Waals surface area (Å²) in [7, 11) is -2.25. The van der Waals surface area contributed by atoms with Crippen LogP contribution in [0.5, 0.6) is 5.75 Å². The van der Waals surface area contributed by atoms with Crippen LogP contribution in [0.25, 0.3) is 0 Å². The lowest BCUT2D eigenvalue weighted by atomic mass is 10.2. The van der Waals surface area contributed by atoms with Gasteiger partial charge in [-0.15, -0.1) is 0 Å². The molecular formula is C18H21ClFN2O3S+. The largest absolute Gasteiger partial charge is 0.495 e. The van der Waals surface area contributed by atoms with Gasteiger partial charge in [0.05, 0.1) is 33.3 Å². The summed E-state index contributed by atoms with van der Waals surface area (Å²) < 4.78 is 45.9. The average molecular weight is 400 g/mol. The second-order valence-corrected chi connectivity index (χ2v) is 8.60. The molecule has 2 aromatic carbocycles. The summed E-state index contributed by atoms with van der Waals surface area (Å²) in [5, 5.41) is 0.347. The fraction of sp³-hybridized carbons (Fsp3) is 0.333. The van der Waals surface area contributed by atoms with Crippen LogP contribution in [0.2, 0.25) is 5.02 Å². The molecule has 1 aliphatic rings. The Morgan fingerprint density at radius 2 is 1.92 bits per heavy atom. The van der Waals surface area contributed by atoms with E-state index < -0.39 is 10.0 Å². The molecule has 0 spiro atoms. The first kappa shape index (κ1) is 19.1. The molecule has 0 radical (unpaired) electrons. The van der Waals surface area contributed by atoms with Crippen LogP contribution in [0.4, 0.5) is 4.39 Å². The molecule has 3 rings (SSSR count). The molecule has 0 atom stereocenters. The predicted molar refractivity (Wildman–Crippen MR) is 97.6 cm³/mol. The van der Waals surface area contributed by atoms with Crippen LogP contribution in [0, 0.1) is 5.82 Å². The highest BCUT2D eigenvalue weighted by atomic mass is 35.5. The molecule has 2 aromatic rings. The number of methoxy groups -OCH3 is 1. The summed E-state index contributed by atoms with van der Waals surface area (Å²) in [6.07, 6.45) is 0. The zero-order chi connectivity index (χ0) is 18.7. The second-order valence-electron chi connectivity index (χ2n) is 6.26. The van der Waals surface area contributed by atoms with Crippen LogP contribution < -0.4 is 9.64 Å². The number of sulfonamides is 1. The highest BCUT2D eigenvalue weighted by molar-refractivity contribution is 7.89. The topological polar surface area (TPSA) is 51.1 Å². The van der Waals surface area contributed by atoms with Crippen molar-refractivity contribution in [2.45, 2.75) is 11.4 Å². The molecule has 8 heteroatoms. The lowest BCUT2D eigenvalue weighted by molar-refractivity contribution is -0.917. The molecule has 26 heavy (non-hydrogen) atoms. The lowest BCUT2D eigenvalue weighted by Gasteiger charge is -2.31. The number of ether oxygens (including phenoxy) is 1. The van der Waals surface area contributed by atoms with Gasteiger partial charge < -0.3 is 9.64 Å². The molecule has 1 saturated heterocycles. The molecule has 0 aliphatic carbocycles. The van der Waals surface area contributed by atoms with E-state index in [9.17, 15) is 12.8 Å². The SMILES string of the molecule is COc1ccc(Cl)cc1S(=O)(=O)N1CC[NH+](Cc2cccc(F)c2)CC1. The van der Waals surface area contributed by atoms with E-state index in [0.717, 1.165) is 5.56 Å². The molecule has 5 nitrogen and oxygen atoms in total. The molecule has 1 aliphatic heterocycles. The smallest absolute Gasteiger partial charge is 0.247 e. The number of halogens is 2. The van der Waals surface area contributed by atoms with Crippen molar-refractivity contribution < 1.29 is 22.4 Å². The van der Waals surface area contributed by atoms with Crippen molar-refractivity contribution in [3.63, 3.8) is 0 Å². The van der Waals surface area contributed by atoms with Gasteiger partial charge in [-0.2, -0.15) is 4.31 Å². The Morgan fingerprint density at radius 1 is 1.19 bits per heavy atom. The third kappa shape index (κ3) is 4.17. The second kappa shape index (κ2) is 7.92. The maximum Gasteiger partial charge on any atom is 0.247 e. The number of nitrogens with one attached hydrogen (secondary N) is 1. The molecule has 0 aromatic heterocycles. The maximum absolute atomic E-state index is 13.3. The van der Waals surface area contributed by atoms with Crippen LogP contribution in [-0.2, 0) is 16.6 Å². The third-order valence-corrected chi connectivity index (χ3v) is 6.67. The Kier molecular flexibility index (Phi) is 5.82. The first-order chi connectivity index (χ1) is 12.4. The van der Waals surface area contributed by atoms with Crippen LogP contribution in [0.15, 0.2) is 47.4 Å². The standard InChI is InChI=1S/C18H20ClFN2O3S/c1-25-17-6-5-15(19)12-18(17)26(23,24)22-9-7-21(8-10-22)13-14-3-2-4-16(20)11-14/h2-6,11-12H,7-10,13H2,1H3/p+1. The Labute approximate surface area is 158 Å². The van der Waals surface area contributed by atoms with Gasteiger partial charge >= 0.3 is 0 Å². The Morgan fingerprint density at radius 3 is 2.58 bits per heavy atom. The number of benzene rings is 2. The van der Waals surface area contributed by atoms with Crippen molar-refractivity contribution in [2.75, 3.05) is 33.3 Å². The van der Waals surface area contributed by atoms with E-state index >= 15 is 0 Å². The highest BCUT2D eigenvalue weighted by Gasteiger charge is 2.32. The fourth-order valence-electron chi connectivity index (χ4n) is 3.15. The van der Waals surface area contributed by atoms with Crippen molar-refractivity contribution in [2.24, 2.45) is 0 Å². The molecule has 0 amide bonds.